The second-order valence-corrected chi connectivity index (χ2v) is 6.83. The van der Waals surface area contributed by atoms with Gasteiger partial charge in [-0.25, -0.2) is 9.59 Å². The molecular weight excluding hydrogens is 362 g/mol. The summed E-state index contributed by atoms with van der Waals surface area (Å²) in [5, 5.41) is 11.5. The van der Waals surface area contributed by atoms with E-state index in [2.05, 4.69) is 10.3 Å². The van der Waals surface area contributed by atoms with E-state index in [0.717, 1.165) is 5.56 Å². The highest BCUT2D eigenvalue weighted by molar-refractivity contribution is 5.92. The fourth-order valence-corrected chi connectivity index (χ4v) is 2.01. The molecule has 150 valence electrons. The molecule has 8 heteroatoms. The highest BCUT2D eigenvalue weighted by Crippen LogP contribution is 2.08. The molecule has 0 aliphatic carbocycles. The number of benzene rings is 1. The molecule has 8 nitrogen and oxygen atoms in total. The minimum atomic E-state index is -1.09. The number of ether oxygens (including phenoxy) is 1. The minimum Gasteiger partial charge on any atom is -0.480 e. The predicted molar refractivity (Wildman–Crippen MR) is 104 cm³/mol. The van der Waals surface area contributed by atoms with Crippen molar-refractivity contribution in [2.45, 2.75) is 38.8 Å². The molecule has 0 saturated heterocycles. The Hall–Kier alpha value is -3.42. The van der Waals surface area contributed by atoms with Gasteiger partial charge in [-0.2, -0.15) is 0 Å². The van der Waals surface area contributed by atoms with Gasteiger partial charge in [0.1, 0.15) is 11.6 Å². The number of nitrogens with one attached hydrogen (secondary N) is 1. The number of carboxylic acids is 1. The maximum Gasteiger partial charge on any atom is 0.408 e. The fraction of sp³-hybridized carbons (Fsp3) is 0.300. The van der Waals surface area contributed by atoms with E-state index in [1.54, 1.807) is 39.1 Å². The monoisotopic (exact) mass is 387 g/mol. The Morgan fingerprint density at radius 2 is 1.79 bits per heavy atom. The van der Waals surface area contributed by atoms with E-state index in [-0.39, 0.29) is 6.42 Å². The first-order valence-electron chi connectivity index (χ1n) is 8.54. The highest BCUT2D eigenvalue weighted by atomic mass is 16.6. The van der Waals surface area contributed by atoms with Crippen LogP contribution in [0.5, 0.6) is 0 Å². The summed E-state index contributed by atoms with van der Waals surface area (Å²) in [4.78, 5) is 36.8. The van der Waals surface area contributed by atoms with Crippen LogP contribution in [-0.2, 0) is 16.0 Å². The zero-order chi connectivity index (χ0) is 21.2. The van der Waals surface area contributed by atoms with E-state index in [1.807, 2.05) is 30.3 Å². The Labute approximate surface area is 163 Å². The van der Waals surface area contributed by atoms with E-state index >= 15 is 0 Å². The maximum absolute atomic E-state index is 11.6. The van der Waals surface area contributed by atoms with Crippen molar-refractivity contribution in [1.29, 1.82) is 0 Å². The van der Waals surface area contributed by atoms with Crippen LogP contribution in [0.25, 0.3) is 0 Å². The van der Waals surface area contributed by atoms with Gasteiger partial charge >= 0.3 is 12.1 Å². The molecule has 0 radical (unpaired) electrons. The van der Waals surface area contributed by atoms with Gasteiger partial charge in [0.15, 0.2) is 0 Å². The van der Waals surface area contributed by atoms with E-state index < -0.39 is 29.6 Å². The lowest BCUT2D eigenvalue weighted by Crippen LogP contribution is -2.44. The van der Waals surface area contributed by atoms with Crippen molar-refractivity contribution in [3.05, 3.63) is 66.0 Å². The minimum absolute atomic E-state index is 0.218. The smallest absolute Gasteiger partial charge is 0.408 e. The molecule has 0 saturated carbocycles. The quantitative estimate of drug-likeness (QED) is 0.722. The standard InChI is InChI=1S/C14H19NO4.C6H6N2O/c1-14(2,3)19-13(18)15-11(12(16)17)9-10-7-5-4-6-8-10;7-6(9)5-2-1-3-8-4-5/h4-8,11H,9H2,1-3H3,(H,15,18)(H,16,17);1-4H,(H2,7,9)/t11-;/m0./s1. The molecule has 1 atom stereocenters. The first kappa shape index (κ1) is 22.6. The average Bonchev–Trinajstić information content (AvgIpc) is 2.61. The molecule has 1 aromatic heterocycles. The number of alkyl carbamates (subject to hydrolysis) is 1. The SMILES string of the molecule is CC(C)(C)OC(=O)N[C@@H](Cc1ccccc1)C(=O)O.NC(=O)c1cccnc1. The number of hydrogen-bond acceptors (Lipinski definition) is 5. The number of rotatable bonds is 5. The van der Waals surface area contributed by atoms with Crippen molar-refractivity contribution in [2.75, 3.05) is 0 Å². The molecule has 0 aliphatic heterocycles. The number of aromatic nitrogens is 1. The second kappa shape index (κ2) is 10.7. The van der Waals surface area contributed by atoms with Gasteiger partial charge in [-0.05, 0) is 38.5 Å². The summed E-state index contributed by atoms with van der Waals surface area (Å²) in [6.45, 7) is 5.17. The Morgan fingerprint density at radius 3 is 2.21 bits per heavy atom. The summed E-state index contributed by atoms with van der Waals surface area (Å²) in [6, 6.07) is 11.4. The van der Waals surface area contributed by atoms with Crippen molar-refractivity contribution >= 4 is 18.0 Å². The van der Waals surface area contributed by atoms with Crippen molar-refractivity contribution in [2.24, 2.45) is 5.73 Å². The van der Waals surface area contributed by atoms with Crippen molar-refractivity contribution in [1.82, 2.24) is 10.3 Å². The molecule has 2 rings (SSSR count). The van der Waals surface area contributed by atoms with Gasteiger partial charge in [-0.15, -0.1) is 0 Å². The lowest BCUT2D eigenvalue weighted by atomic mass is 10.1. The van der Waals surface area contributed by atoms with Gasteiger partial charge in [0.2, 0.25) is 5.91 Å². The van der Waals surface area contributed by atoms with Crippen LogP contribution < -0.4 is 11.1 Å². The number of carboxylic acid groups (broad SMARTS) is 1. The van der Waals surface area contributed by atoms with Crippen LogP contribution in [0.4, 0.5) is 4.79 Å². The third-order valence-corrected chi connectivity index (χ3v) is 3.22. The molecular formula is C20H25N3O5. The molecule has 0 fully saturated rings. The summed E-state index contributed by atoms with van der Waals surface area (Å²) in [6.07, 6.45) is 2.51. The molecule has 1 aromatic carbocycles. The third-order valence-electron chi connectivity index (χ3n) is 3.22. The molecule has 0 unspecified atom stereocenters. The first-order chi connectivity index (χ1) is 13.1. The number of primary amides is 1. The van der Waals surface area contributed by atoms with E-state index in [9.17, 15) is 14.4 Å². The maximum atomic E-state index is 11.6. The number of carbonyl (C=O) groups is 3. The molecule has 1 heterocycles. The Bertz CT molecular complexity index is 773. The summed E-state index contributed by atoms with van der Waals surface area (Å²) in [5.74, 6) is -1.53. The number of pyridine rings is 1. The fourth-order valence-electron chi connectivity index (χ4n) is 2.01. The molecule has 28 heavy (non-hydrogen) atoms. The number of aliphatic carboxylic acids is 1. The van der Waals surface area contributed by atoms with Crippen LogP contribution in [0.2, 0.25) is 0 Å². The van der Waals surface area contributed by atoms with Gasteiger partial charge in [0, 0.05) is 18.8 Å². The van der Waals surface area contributed by atoms with Gasteiger partial charge in [0.05, 0.1) is 5.56 Å². The highest BCUT2D eigenvalue weighted by Gasteiger charge is 2.24. The lowest BCUT2D eigenvalue weighted by molar-refractivity contribution is -0.139. The topological polar surface area (TPSA) is 132 Å². The molecule has 2 aromatic rings. The van der Waals surface area contributed by atoms with Gasteiger partial charge in [-0.1, -0.05) is 30.3 Å². The Kier molecular flexibility index (Phi) is 8.61. The third kappa shape index (κ3) is 9.33. The van der Waals surface area contributed by atoms with Gasteiger partial charge < -0.3 is 20.9 Å². The molecule has 0 aliphatic rings. The van der Waals surface area contributed by atoms with Crippen LogP contribution in [-0.4, -0.2) is 39.7 Å². The number of amides is 2. The summed E-state index contributed by atoms with van der Waals surface area (Å²) in [7, 11) is 0. The van der Waals surface area contributed by atoms with Crippen molar-refractivity contribution in [3.63, 3.8) is 0 Å². The van der Waals surface area contributed by atoms with E-state index in [1.165, 1.54) is 6.20 Å². The lowest BCUT2D eigenvalue weighted by Gasteiger charge is -2.22. The van der Waals surface area contributed by atoms with E-state index in [0.29, 0.717) is 5.56 Å². The van der Waals surface area contributed by atoms with Gasteiger partial charge in [-0.3, -0.25) is 9.78 Å². The molecule has 0 bridgehead atoms. The van der Waals surface area contributed by atoms with Crippen LogP contribution in [0.15, 0.2) is 54.9 Å². The summed E-state index contributed by atoms with van der Waals surface area (Å²) < 4.78 is 5.04. The average molecular weight is 387 g/mol. The molecule has 0 spiro atoms. The Balaban J connectivity index is 0.000000362. The summed E-state index contributed by atoms with van der Waals surface area (Å²) >= 11 is 0. The largest absolute Gasteiger partial charge is 0.480 e. The van der Waals surface area contributed by atoms with Crippen molar-refractivity contribution in [3.8, 4) is 0 Å². The van der Waals surface area contributed by atoms with Crippen molar-refractivity contribution < 1.29 is 24.2 Å². The normalized spacial score (nSPS) is 11.4. The number of hydrogen-bond donors (Lipinski definition) is 3. The second-order valence-electron chi connectivity index (χ2n) is 6.83. The number of carbonyl (C=O) groups excluding carboxylic acids is 2. The zero-order valence-electron chi connectivity index (χ0n) is 16.1. The van der Waals surface area contributed by atoms with Crippen LogP contribution in [0.3, 0.4) is 0 Å². The predicted octanol–water partition coefficient (Wildman–Crippen LogP) is 2.39. The molecule has 4 N–H and O–H groups in total. The van der Waals surface area contributed by atoms with Crippen LogP contribution >= 0.6 is 0 Å². The molecule has 2 amide bonds. The zero-order valence-corrected chi connectivity index (χ0v) is 16.1. The Morgan fingerprint density at radius 1 is 1.14 bits per heavy atom. The van der Waals surface area contributed by atoms with Gasteiger partial charge in [0.25, 0.3) is 0 Å². The van der Waals surface area contributed by atoms with Crippen LogP contribution in [0.1, 0.15) is 36.7 Å². The van der Waals surface area contributed by atoms with E-state index in [4.69, 9.17) is 15.6 Å². The first-order valence-corrected chi connectivity index (χ1v) is 8.54. The summed E-state index contributed by atoms with van der Waals surface area (Å²) in [5.41, 5.74) is 5.56. The van der Waals surface area contributed by atoms with Crippen LogP contribution in [0, 0.1) is 0 Å². The number of nitrogens with zero attached hydrogens (tertiary/aromatic N) is 1. The number of nitrogens with two attached hydrogens (primary N) is 1.